The molecule has 0 bridgehead atoms. The predicted octanol–water partition coefficient (Wildman–Crippen LogP) is 1.40. The minimum absolute atomic E-state index is 0. The van der Waals surface area contributed by atoms with Gasteiger partial charge in [-0.1, -0.05) is 0 Å². The van der Waals surface area contributed by atoms with E-state index in [1.807, 2.05) is 6.08 Å². The molecule has 0 amide bonds. The fraction of sp³-hybridized carbons (Fsp3) is 0.125. The first-order chi connectivity index (χ1) is 5.36. The molecule has 3 nitrogen and oxygen atoms in total. The zero-order chi connectivity index (χ0) is 7.68. The van der Waals surface area contributed by atoms with Gasteiger partial charge in [0.2, 0.25) is 0 Å². The van der Waals surface area contributed by atoms with Crippen LogP contribution in [0.1, 0.15) is 6.42 Å². The molecule has 64 valence electrons. The van der Waals surface area contributed by atoms with Gasteiger partial charge in [-0.05, 0) is 18.2 Å². The van der Waals surface area contributed by atoms with Crippen molar-refractivity contribution in [2.45, 2.75) is 6.42 Å². The average molecular weight is 230 g/mol. The third kappa shape index (κ3) is 1.58. The minimum Gasteiger partial charge on any atom is -0.386 e. The Balaban J connectivity index is 0.000000720. The first-order valence-electron chi connectivity index (χ1n) is 3.39. The molecule has 0 fully saturated rings. The summed E-state index contributed by atoms with van der Waals surface area (Å²) in [6, 6.07) is 0. The van der Waals surface area contributed by atoms with E-state index in [0.29, 0.717) is 12.2 Å². The monoisotopic (exact) mass is 229 g/mol. The average Bonchev–Trinajstić information content (AvgIpc) is 2.04. The molecule has 0 aromatic heterocycles. The van der Waals surface area contributed by atoms with Crippen molar-refractivity contribution in [3.8, 4) is 0 Å². The van der Waals surface area contributed by atoms with Crippen molar-refractivity contribution in [2.24, 2.45) is 0 Å². The minimum atomic E-state index is 0. The number of carbonyl (C=O) groups is 1. The highest BCUT2D eigenvalue weighted by Crippen LogP contribution is 2.20. The molecule has 0 saturated carbocycles. The molecule has 4 heteroatoms. The Kier molecular flexibility index (Phi) is 2.70. The Hall–Kier alpha value is -1.03. The summed E-state index contributed by atoms with van der Waals surface area (Å²) in [6.07, 6.45) is 7.26. The van der Waals surface area contributed by atoms with Crippen LogP contribution in [0, 0.1) is 0 Å². The van der Waals surface area contributed by atoms with Gasteiger partial charge >= 0.3 is 0 Å². The van der Waals surface area contributed by atoms with Crippen LogP contribution in [-0.4, -0.2) is 5.78 Å². The maximum atomic E-state index is 10.9. The summed E-state index contributed by atoms with van der Waals surface area (Å²) in [5.41, 5.74) is 3.56. The van der Waals surface area contributed by atoms with Gasteiger partial charge in [0, 0.05) is 11.8 Å². The van der Waals surface area contributed by atoms with Crippen LogP contribution in [0.3, 0.4) is 0 Å². The molecular formula is C8H8BrNO2. The predicted molar refractivity (Wildman–Crippen MR) is 49.5 cm³/mol. The lowest BCUT2D eigenvalue weighted by atomic mass is 10.0. The highest BCUT2D eigenvalue weighted by Gasteiger charge is 2.15. The molecule has 0 saturated heterocycles. The van der Waals surface area contributed by atoms with E-state index in [4.69, 9.17) is 4.84 Å². The largest absolute Gasteiger partial charge is 0.386 e. The van der Waals surface area contributed by atoms with Crippen LogP contribution >= 0.6 is 17.0 Å². The van der Waals surface area contributed by atoms with E-state index < -0.39 is 0 Å². The fourth-order valence-electron chi connectivity index (χ4n) is 1.07. The summed E-state index contributed by atoms with van der Waals surface area (Å²) in [4.78, 5) is 15.9. The van der Waals surface area contributed by atoms with Crippen molar-refractivity contribution in [2.75, 3.05) is 0 Å². The summed E-state index contributed by atoms with van der Waals surface area (Å²) >= 11 is 0. The topological polar surface area (TPSA) is 38.3 Å². The maximum absolute atomic E-state index is 10.9. The molecule has 12 heavy (non-hydrogen) atoms. The number of allylic oxidation sites excluding steroid dienone is 5. The maximum Gasteiger partial charge on any atom is 0.163 e. The zero-order valence-corrected chi connectivity index (χ0v) is 7.95. The van der Waals surface area contributed by atoms with Crippen molar-refractivity contribution < 1.29 is 9.63 Å². The summed E-state index contributed by atoms with van der Waals surface area (Å²) in [7, 11) is 0. The molecule has 0 radical (unpaired) electrons. The first kappa shape index (κ1) is 9.06. The molecule has 1 aliphatic carbocycles. The van der Waals surface area contributed by atoms with Gasteiger partial charge in [-0.15, -0.1) is 17.0 Å². The molecule has 1 aliphatic heterocycles. The van der Waals surface area contributed by atoms with Crippen LogP contribution in [0.2, 0.25) is 0 Å². The molecular weight excluding hydrogens is 222 g/mol. The second kappa shape index (κ2) is 3.58. The molecule has 0 spiro atoms. The van der Waals surface area contributed by atoms with Crippen LogP contribution in [0.25, 0.3) is 0 Å². The summed E-state index contributed by atoms with van der Waals surface area (Å²) in [5, 5.41) is 0. The Labute approximate surface area is 80.5 Å². The van der Waals surface area contributed by atoms with Crippen molar-refractivity contribution in [1.29, 1.82) is 0 Å². The van der Waals surface area contributed by atoms with Crippen LogP contribution in [0.15, 0.2) is 35.8 Å². The normalized spacial score (nSPS) is 19.2. The van der Waals surface area contributed by atoms with E-state index in [9.17, 15) is 4.79 Å². The van der Waals surface area contributed by atoms with Gasteiger partial charge < -0.3 is 4.84 Å². The van der Waals surface area contributed by atoms with E-state index >= 15 is 0 Å². The molecule has 1 N–H and O–H groups in total. The van der Waals surface area contributed by atoms with Crippen molar-refractivity contribution in [3.63, 3.8) is 0 Å². The lowest BCUT2D eigenvalue weighted by Crippen LogP contribution is -2.16. The number of halogens is 1. The van der Waals surface area contributed by atoms with E-state index in [-0.39, 0.29) is 22.8 Å². The number of carbonyl (C=O) groups excluding carboxylic acids is 1. The van der Waals surface area contributed by atoms with Gasteiger partial charge in [0.1, 0.15) is 5.76 Å². The van der Waals surface area contributed by atoms with Gasteiger partial charge in [-0.2, -0.15) is 0 Å². The number of ketones is 1. The number of hydroxylamine groups is 1. The van der Waals surface area contributed by atoms with E-state index in [0.717, 1.165) is 5.57 Å². The van der Waals surface area contributed by atoms with Crippen molar-refractivity contribution in [1.82, 2.24) is 5.48 Å². The fourth-order valence-corrected chi connectivity index (χ4v) is 1.07. The second-order valence-electron chi connectivity index (χ2n) is 2.41. The summed E-state index contributed by atoms with van der Waals surface area (Å²) in [5.74, 6) is 0.792. The number of hydrogen-bond donors (Lipinski definition) is 1. The van der Waals surface area contributed by atoms with E-state index in [1.54, 1.807) is 18.4 Å². The number of nitrogens with one attached hydrogen (secondary N) is 1. The molecule has 0 aromatic rings. The highest BCUT2D eigenvalue weighted by molar-refractivity contribution is 8.93. The van der Waals surface area contributed by atoms with Crippen LogP contribution in [0.4, 0.5) is 0 Å². The lowest BCUT2D eigenvalue weighted by Gasteiger charge is -2.16. The molecule has 2 aliphatic rings. The summed E-state index contributed by atoms with van der Waals surface area (Å²) in [6.45, 7) is 0. The number of rotatable bonds is 0. The summed E-state index contributed by atoms with van der Waals surface area (Å²) < 4.78 is 0. The smallest absolute Gasteiger partial charge is 0.163 e. The molecule has 1 heterocycles. The molecule has 0 atom stereocenters. The van der Waals surface area contributed by atoms with Crippen LogP contribution < -0.4 is 5.48 Å². The SMILES string of the molecule is Br.O=C1C=CC2=C(C1)ONC=C2. The Morgan fingerprint density at radius 3 is 3.00 bits per heavy atom. The van der Waals surface area contributed by atoms with Gasteiger partial charge in [0.15, 0.2) is 5.78 Å². The van der Waals surface area contributed by atoms with Crippen LogP contribution in [-0.2, 0) is 9.63 Å². The van der Waals surface area contributed by atoms with Crippen LogP contribution in [0.5, 0.6) is 0 Å². The van der Waals surface area contributed by atoms with Crippen molar-refractivity contribution in [3.05, 3.63) is 35.8 Å². The van der Waals surface area contributed by atoms with Crippen molar-refractivity contribution >= 4 is 22.8 Å². The van der Waals surface area contributed by atoms with Gasteiger partial charge in [0.25, 0.3) is 0 Å². The lowest BCUT2D eigenvalue weighted by molar-refractivity contribution is -0.115. The Morgan fingerprint density at radius 2 is 2.17 bits per heavy atom. The quantitative estimate of drug-likeness (QED) is 0.683. The molecule has 0 aromatic carbocycles. The molecule has 0 unspecified atom stereocenters. The number of hydrogen-bond acceptors (Lipinski definition) is 3. The first-order valence-corrected chi connectivity index (χ1v) is 3.39. The van der Waals surface area contributed by atoms with E-state index in [1.165, 1.54) is 0 Å². The Morgan fingerprint density at radius 1 is 1.33 bits per heavy atom. The Bertz CT molecular complexity index is 291. The zero-order valence-electron chi connectivity index (χ0n) is 6.24. The van der Waals surface area contributed by atoms with Gasteiger partial charge in [-0.25, -0.2) is 5.48 Å². The standard InChI is InChI=1S/C8H7NO2.BrH/c10-7-2-1-6-3-4-9-11-8(6)5-7;/h1-4,9H,5H2;1H. The third-order valence-electron chi connectivity index (χ3n) is 1.62. The van der Waals surface area contributed by atoms with E-state index in [2.05, 4.69) is 5.48 Å². The second-order valence-corrected chi connectivity index (χ2v) is 2.41. The molecule has 2 rings (SSSR count). The van der Waals surface area contributed by atoms with Gasteiger partial charge in [0.05, 0.1) is 6.42 Å². The van der Waals surface area contributed by atoms with Gasteiger partial charge in [-0.3, -0.25) is 4.79 Å². The third-order valence-corrected chi connectivity index (χ3v) is 1.62. The highest BCUT2D eigenvalue weighted by atomic mass is 79.9.